The van der Waals surface area contributed by atoms with Crippen LogP contribution in [-0.4, -0.2) is 30.5 Å². The molecule has 0 aliphatic heterocycles. The quantitative estimate of drug-likeness (QED) is 0.578. The maximum atomic E-state index is 12.5. The molecule has 0 spiro atoms. The molecule has 2 aromatic heterocycles. The van der Waals surface area contributed by atoms with Crippen LogP contribution in [0.3, 0.4) is 0 Å². The normalized spacial score (nSPS) is 10.7. The van der Waals surface area contributed by atoms with E-state index in [4.69, 9.17) is 0 Å². The summed E-state index contributed by atoms with van der Waals surface area (Å²) < 4.78 is 3.53. The number of amides is 1. The molecule has 4 aromatic rings. The van der Waals surface area contributed by atoms with E-state index in [1.165, 1.54) is 11.8 Å². The fourth-order valence-corrected chi connectivity index (χ4v) is 3.20. The average molecular weight is 376 g/mol. The maximum absolute atomic E-state index is 12.5. The van der Waals surface area contributed by atoms with Crippen molar-refractivity contribution in [3.63, 3.8) is 0 Å². The van der Waals surface area contributed by atoms with Gasteiger partial charge in [0.2, 0.25) is 0 Å². The minimum atomic E-state index is -0.203. The van der Waals surface area contributed by atoms with Crippen LogP contribution in [0.1, 0.15) is 10.4 Å². The Morgan fingerprint density at radius 3 is 2.56 bits per heavy atom. The van der Waals surface area contributed by atoms with Gasteiger partial charge >= 0.3 is 0 Å². The smallest absolute Gasteiger partial charge is 0.258 e. The third kappa shape index (κ3) is 3.90. The number of para-hydroxylation sites is 1. The van der Waals surface area contributed by atoms with Gasteiger partial charge in [-0.3, -0.25) is 4.79 Å². The zero-order chi connectivity index (χ0) is 18.6. The SMILES string of the molecule is Cn1cnnc1Sc1ccc(NC(=O)c2cnn(-c3ccccc3)c2)cc1. The molecule has 0 saturated heterocycles. The van der Waals surface area contributed by atoms with Gasteiger partial charge in [0.15, 0.2) is 5.16 Å². The van der Waals surface area contributed by atoms with E-state index in [0.29, 0.717) is 5.56 Å². The average Bonchev–Trinajstić information content (AvgIpc) is 3.34. The van der Waals surface area contributed by atoms with E-state index in [2.05, 4.69) is 20.6 Å². The zero-order valence-electron chi connectivity index (χ0n) is 14.5. The maximum Gasteiger partial charge on any atom is 0.258 e. The summed E-state index contributed by atoms with van der Waals surface area (Å²) in [6.07, 6.45) is 4.93. The summed E-state index contributed by atoms with van der Waals surface area (Å²) in [5, 5.41) is 15.8. The van der Waals surface area contributed by atoms with Crippen LogP contribution in [0.25, 0.3) is 5.69 Å². The molecule has 0 unspecified atom stereocenters. The van der Waals surface area contributed by atoms with Crippen molar-refractivity contribution in [3.8, 4) is 5.69 Å². The van der Waals surface area contributed by atoms with Gasteiger partial charge < -0.3 is 9.88 Å². The highest BCUT2D eigenvalue weighted by Crippen LogP contribution is 2.26. The Morgan fingerprint density at radius 2 is 1.85 bits per heavy atom. The van der Waals surface area contributed by atoms with Crippen LogP contribution in [0.15, 0.2) is 83.4 Å². The Hall–Kier alpha value is -3.39. The van der Waals surface area contributed by atoms with E-state index in [1.54, 1.807) is 23.4 Å². The zero-order valence-corrected chi connectivity index (χ0v) is 15.3. The fraction of sp³-hybridized carbons (Fsp3) is 0.0526. The van der Waals surface area contributed by atoms with Crippen molar-refractivity contribution in [1.29, 1.82) is 0 Å². The molecule has 0 bridgehead atoms. The van der Waals surface area contributed by atoms with Crippen molar-refractivity contribution in [2.24, 2.45) is 7.05 Å². The molecule has 1 amide bonds. The second-order valence-electron chi connectivity index (χ2n) is 5.81. The summed E-state index contributed by atoms with van der Waals surface area (Å²) in [6.45, 7) is 0. The number of aromatic nitrogens is 5. The first kappa shape index (κ1) is 17.0. The van der Waals surface area contributed by atoms with Crippen LogP contribution in [0, 0.1) is 0 Å². The number of benzene rings is 2. The highest BCUT2D eigenvalue weighted by Gasteiger charge is 2.10. The number of nitrogens with one attached hydrogen (secondary N) is 1. The molecule has 0 fully saturated rings. The van der Waals surface area contributed by atoms with Crippen molar-refractivity contribution < 1.29 is 4.79 Å². The van der Waals surface area contributed by atoms with Crippen molar-refractivity contribution in [2.45, 2.75) is 10.1 Å². The van der Waals surface area contributed by atoms with Gasteiger partial charge in [0.05, 0.1) is 17.4 Å². The van der Waals surface area contributed by atoms with Crippen LogP contribution < -0.4 is 5.32 Å². The lowest BCUT2D eigenvalue weighted by Gasteiger charge is -2.05. The summed E-state index contributed by atoms with van der Waals surface area (Å²) in [6, 6.07) is 17.2. The molecule has 134 valence electrons. The van der Waals surface area contributed by atoms with Gasteiger partial charge in [0, 0.05) is 23.8 Å². The fourth-order valence-electron chi connectivity index (χ4n) is 2.44. The van der Waals surface area contributed by atoms with Crippen LogP contribution >= 0.6 is 11.8 Å². The third-order valence-electron chi connectivity index (χ3n) is 3.86. The van der Waals surface area contributed by atoms with Crippen LogP contribution in [0.5, 0.6) is 0 Å². The predicted octanol–water partition coefficient (Wildman–Crippen LogP) is 3.40. The molecule has 0 radical (unpaired) electrons. The largest absolute Gasteiger partial charge is 0.322 e. The minimum absolute atomic E-state index is 0.203. The van der Waals surface area contributed by atoms with Gasteiger partial charge in [-0.05, 0) is 48.2 Å². The lowest BCUT2D eigenvalue weighted by atomic mass is 10.3. The number of rotatable bonds is 5. The summed E-state index contributed by atoms with van der Waals surface area (Å²) in [5.74, 6) is -0.203. The Kier molecular flexibility index (Phi) is 4.71. The number of hydrogen-bond acceptors (Lipinski definition) is 5. The van der Waals surface area contributed by atoms with E-state index in [9.17, 15) is 4.79 Å². The molecule has 8 heteroatoms. The molecule has 4 rings (SSSR count). The van der Waals surface area contributed by atoms with Crippen molar-refractivity contribution in [2.75, 3.05) is 5.32 Å². The molecule has 1 N–H and O–H groups in total. The van der Waals surface area contributed by atoms with Crippen molar-refractivity contribution in [3.05, 3.63) is 78.9 Å². The minimum Gasteiger partial charge on any atom is -0.322 e. The molecule has 0 atom stereocenters. The second-order valence-corrected chi connectivity index (χ2v) is 6.85. The van der Waals surface area contributed by atoms with E-state index >= 15 is 0 Å². The molecule has 0 aliphatic rings. The lowest BCUT2D eigenvalue weighted by molar-refractivity contribution is 0.102. The van der Waals surface area contributed by atoms with E-state index in [0.717, 1.165) is 21.4 Å². The number of hydrogen-bond donors (Lipinski definition) is 1. The molecule has 0 saturated carbocycles. The van der Waals surface area contributed by atoms with Crippen LogP contribution in [-0.2, 0) is 7.05 Å². The highest BCUT2D eigenvalue weighted by molar-refractivity contribution is 7.99. The first-order valence-corrected chi connectivity index (χ1v) is 9.04. The van der Waals surface area contributed by atoms with Crippen molar-refractivity contribution in [1.82, 2.24) is 24.5 Å². The third-order valence-corrected chi connectivity index (χ3v) is 4.92. The van der Waals surface area contributed by atoms with Crippen LogP contribution in [0.4, 0.5) is 5.69 Å². The number of carbonyl (C=O) groups excluding carboxylic acids is 1. The molecule has 0 aliphatic carbocycles. The molecular weight excluding hydrogens is 360 g/mol. The monoisotopic (exact) mass is 376 g/mol. The first-order chi connectivity index (χ1) is 13.2. The van der Waals surface area contributed by atoms with Gasteiger partial charge in [-0.2, -0.15) is 5.10 Å². The molecule has 27 heavy (non-hydrogen) atoms. The first-order valence-electron chi connectivity index (χ1n) is 8.22. The highest BCUT2D eigenvalue weighted by atomic mass is 32.2. The summed E-state index contributed by atoms with van der Waals surface area (Å²) in [7, 11) is 1.90. The molecule has 7 nitrogen and oxygen atoms in total. The van der Waals surface area contributed by atoms with Gasteiger partial charge in [-0.1, -0.05) is 18.2 Å². The Bertz CT molecular complexity index is 1060. The Labute approximate surface area is 160 Å². The molecule has 2 heterocycles. The number of nitrogens with zero attached hydrogens (tertiary/aromatic N) is 5. The van der Waals surface area contributed by atoms with E-state index in [-0.39, 0.29) is 5.91 Å². The lowest BCUT2D eigenvalue weighted by Crippen LogP contribution is -2.10. The Balaban J connectivity index is 1.42. The van der Waals surface area contributed by atoms with Crippen molar-refractivity contribution >= 4 is 23.4 Å². The number of carbonyl (C=O) groups is 1. The number of aryl methyl sites for hydroxylation is 1. The van der Waals surface area contributed by atoms with Gasteiger partial charge in [0.25, 0.3) is 5.91 Å². The Morgan fingerprint density at radius 1 is 1.07 bits per heavy atom. The standard InChI is InChI=1S/C19H16N6OS/c1-24-13-20-23-19(24)27-17-9-7-15(8-10-17)22-18(26)14-11-21-25(12-14)16-5-3-2-4-6-16/h2-13H,1H3,(H,22,26). The summed E-state index contributed by atoms with van der Waals surface area (Å²) >= 11 is 1.51. The topological polar surface area (TPSA) is 77.6 Å². The summed E-state index contributed by atoms with van der Waals surface area (Å²) in [4.78, 5) is 13.5. The van der Waals surface area contributed by atoms with Gasteiger partial charge in [-0.25, -0.2) is 4.68 Å². The van der Waals surface area contributed by atoms with Gasteiger partial charge in [-0.15, -0.1) is 10.2 Å². The molecule has 2 aromatic carbocycles. The van der Waals surface area contributed by atoms with E-state index < -0.39 is 0 Å². The summed E-state index contributed by atoms with van der Waals surface area (Å²) in [5.41, 5.74) is 2.12. The predicted molar refractivity (Wildman–Crippen MR) is 103 cm³/mol. The van der Waals surface area contributed by atoms with E-state index in [1.807, 2.05) is 66.2 Å². The molecular formula is C19H16N6OS. The van der Waals surface area contributed by atoms with Crippen LogP contribution in [0.2, 0.25) is 0 Å². The number of anilines is 1. The second kappa shape index (κ2) is 7.46. The van der Waals surface area contributed by atoms with Gasteiger partial charge in [0.1, 0.15) is 6.33 Å².